The molecule has 0 fully saturated rings. The molecule has 1 aliphatic carbocycles. The van der Waals surface area contributed by atoms with Crippen LogP contribution in [0.3, 0.4) is 0 Å². The van der Waals surface area contributed by atoms with E-state index in [-0.39, 0.29) is 5.56 Å². The summed E-state index contributed by atoms with van der Waals surface area (Å²) in [6, 6.07) is 7.88. The number of hydrogen-bond donors (Lipinski definition) is 2. The van der Waals surface area contributed by atoms with Crippen molar-refractivity contribution in [2.24, 2.45) is 16.6 Å². The lowest BCUT2D eigenvalue weighted by atomic mass is 9.89. The van der Waals surface area contributed by atoms with E-state index in [0.29, 0.717) is 22.7 Å². The lowest BCUT2D eigenvalue weighted by Gasteiger charge is -2.17. The molecule has 1 aliphatic rings. The third-order valence-corrected chi connectivity index (χ3v) is 6.77. The Kier molecular flexibility index (Phi) is 5.06. The molecule has 3 N–H and O–H groups in total. The first-order chi connectivity index (χ1) is 13.0. The van der Waals surface area contributed by atoms with Crippen LogP contribution in [0.1, 0.15) is 35.2 Å². The van der Waals surface area contributed by atoms with E-state index < -0.39 is 0 Å². The first kappa shape index (κ1) is 18.3. The Hall–Kier alpha value is -2.12. The van der Waals surface area contributed by atoms with E-state index in [1.165, 1.54) is 22.2 Å². The number of aromatic amines is 1. The van der Waals surface area contributed by atoms with Crippen LogP contribution in [0.4, 0.5) is 5.69 Å². The molecular weight excluding hydrogens is 376 g/mol. The number of aliphatic imine (C=N–C) groups is 1. The number of aryl methyl sites for hydroxylation is 2. The molecule has 0 saturated carbocycles. The van der Waals surface area contributed by atoms with Crippen LogP contribution in [0, 0.1) is 12.8 Å². The molecule has 0 saturated heterocycles. The largest absolute Gasteiger partial charge is 0.378 e. The summed E-state index contributed by atoms with van der Waals surface area (Å²) in [7, 11) is 0. The molecule has 0 bridgehead atoms. The number of H-pyrrole nitrogens is 1. The maximum absolute atomic E-state index is 12.6. The number of fused-ring (bicyclic) bond motifs is 3. The topological polar surface area (TPSA) is 84.1 Å². The van der Waals surface area contributed by atoms with E-state index in [4.69, 9.17) is 10.7 Å². The van der Waals surface area contributed by atoms with Crippen molar-refractivity contribution in [2.75, 3.05) is 0 Å². The van der Waals surface area contributed by atoms with Gasteiger partial charge in [-0.1, -0.05) is 30.8 Å². The van der Waals surface area contributed by atoms with E-state index in [0.717, 1.165) is 40.7 Å². The number of nitrogens with one attached hydrogen (secondary N) is 1. The third kappa shape index (κ3) is 3.94. The molecule has 7 heteroatoms. The van der Waals surface area contributed by atoms with Gasteiger partial charge in [0.15, 0.2) is 5.17 Å². The number of rotatable bonds is 3. The number of thiophene rings is 1. The maximum Gasteiger partial charge on any atom is 0.259 e. The van der Waals surface area contributed by atoms with E-state index in [2.05, 4.69) is 16.9 Å². The standard InChI is InChI=1S/C20H22N4OS2/c1-11-4-3-5-13(8-11)22-20(21)26-10-16-23-18(25)17-14-7-6-12(2)9-15(14)27-19(17)24-16/h3-5,8,12H,6-7,9-10H2,1-2H3,(H2,21,22)(H,23,24,25)/t12-/m0/s1. The highest BCUT2D eigenvalue weighted by molar-refractivity contribution is 8.13. The highest BCUT2D eigenvalue weighted by Crippen LogP contribution is 2.35. The summed E-state index contributed by atoms with van der Waals surface area (Å²) < 4.78 is 0. The lowest BCUT2D eigenvalue weighted by Crippen LogP contribution is -2.15. The molecule has 5 nitrogen and oxygen atoms in total. The Labute approximate surface area is 166 Å². The van der Waals surface area contributed by atoms with Crippen LogP contribution in [0.5, 0.6) is 0 Å². The van der Waals surface area contributed by atoms with E-state index >= 15 is 0 Å². The number of nitrogens with two attached hydrogens (primary N) is 1. The van der Waals surface area contributed by atoms with Gasteiger partial charge in [-0.2, -0.15) is 0 Å². The summed E-state index contributed by atoms with van der Waals surface area (Å²) in [5.41, 5.74) is 9.19. The molecule has 140 valence electrons. The SMILES string of the molecule is Cc1cccc(N=C(N)SCc2nc3sc4c(c3c(=O)[nH]2)CC[C@H](C)C4)c1. The molecule has 1 aromatic carbocycles. The summed E-state index contributed by atoms with van der Waals surface area (Å²) in [5.74, 6) is 1.81. The Bertz CT molecular complexity index is 1080. The second-order valence-corrected chi connectivity index (χ2v) is 9.20. The predicted octanol–water partition coefficient (Wildman–Crippen LogP) is 4.30. The molecule has 2 heterocycles. The second kappa shape index (κ2) is 7.48. The average Bonchev–Trinajstić information content (AvgIpc) is 2.97. The minimum atomic E-state index is -0.0307. The summed E-state index contributed by atoms with van der Waals surface area (Å²) in [6.45, 7) is 4.29. The molecule has 4 rings (SSSR count). The Morgan fingerprint density at radius 1 is 1.48 bits per heavy atom. The van der Waals surface area contributed by atoms with Crippen LogP contribution in [-0.2, 0) is 18.6 Å². The van der Waals surface area contributed by atoms with E-state index in [1.807, 2.05) is 31.2 Å². The van der Waals surface area contributed by atoms with Gasteiger partial charge in [0.25, 0.3) is 5.56 Å². The fourth-order valence-corrected chi connectivity index (χ4v) is 5.45. The van der Waals surface area contributed by atoms with Crippen LogP contribution >= 0.6 is 23.1 Å². The highest BCUT2D eigenvalue weighted by Gasteiger charge is 2.23. The van der Waals surface area contributed by atoms with Crippen LogP contribution in [-0.4, -0.2) is 15.1 Å². The van der Waals surface area contributed by atoms with Crippen LogP contribution in [0.25, 0.3) is 10.2 Å². The normalized spacial score (nSPS) is 17.3. The van der Waals surface area contributed by atoms with Crippen LogP contribution in [0.2, 0.25) is 0 Å². The monoisotopic (exact) mass is 398 g/mol. The van der Waals surface area contributed by atoms with Crippen molar-refractivity contribution in [3.63, 3.8) is 0 Å². The van der Waals surface area contributed by atoms with Gasteiger partial charge in [0.1, 0.15) is 10.7 Å². The summed E-state index contributed by atoms with van der Waals surface area (Å²) in [4.78, 5) is 26.9. The molecule has 1 atom stereocenters. The van der Waals surface area contributed by atoms with Gasteiger partial charge < -0.3 is 10.7 Å². The van der Waals surface area contributed by atoms with E-state index in [9.17, 15) is 4.79 Å². The first-order valence-electron chi connectivity index (χ1n) is 9.06. The summed E-state index contributed by atoms with van der Waals surface area (Å²) in [5, 5.41) is 1.25. The molecule has 0 spiro atoms. The summed E-state index contributed by atoms with van der Waals surface area (Å²) in [6.07, 6.45) is 3.17. The molecule has 3 aromatic rings. The zero-order valence-electron chi connectivity index (χ0n) is 15.4. The quantitative estimate of drug-likeness (QED) is 0.509. The minimum absolute atomic E-state index is 0.0307. The van der Waals surface area contributed by atoms with Gasteiger partial charge in [0.05, 0.1) is 16.8 Å². The van der Waals surface area contributed by atoms with Crippen molar-refractivity contribution >= 4 is 44.2 Å². The Morgan fingerprint density at radius 2 is 2.33 bits per heavy atom. The Balaban J connectivity index is 1.55. The minimum Gasteiger partial charge on any atom is -0.378 e. The summed E-state index contributed by atoms with van der Waals surface area (Å²) >= 11 is 3.05. The van der Waals surface area contributed by atoms with Crippen molar-refractivity contribution in [3.8, 4) is 0 Å². The molecule has 0 unspecified atom stereocenters. The number of amidine groups is 1. The van der Waals surface area contributed by atoms with Crippen molar-refractivity contribution in [2.45, 2.75) is 38.9 Å². The lowest BCUT2D eigenvalue weighted by molar-refractivity contribution is 0.509. The van der Waals surface area contributed by atoms with E-state index in [1.54, 1.807) is 11.3 Å². The number of aromatic nitrogens is 2. The molecule has 2 aromatic heterocycles. The highest BCUT2D eigenvalue weighted by atomic mass is 32.2. The van der Waals surface area contributed by atoms with Crippen molar-refractivity contribution in [1.82, 2.24) is 9.97 Å². The fourth-order valence-electron chi connectivity index (χ4n) is 3.46. The zero-order valence-corrected chi connectivity index (χ0v) is 17.0. The van der Waals surface area contributed by atoms with Gasteiger partial charge in [-0.15, -0.1) is 11.3 Å². The van der Waals surface area contributed by atoms with Crippen molar-refractivity contribution in [3.05, 3.63) is 56.4 Å². The van der Waals surface area contributed by atoms with Crippen molar-refractivity contribution < 1.29 is 0 Å². The zero-order chi connectivity index (χ0) is 19.0. The maximum atomic E-state index is 12.6. The van der Waals surface area contributed by atoms with Gasteiger partial charge in [-0.05, 0) is 55.4 Å². The molecule has 27 heavy (non-hydrogen) atoms. The van der Waals surface area contributed by atoms with Gasteiger partial charge in [-0.25, -0.2) is 9.98 Å². The fraction of sp³-hybridized carbons (Fsp3) is 0.350. The average molecular weight is 399 g/mol. The van der Waals surface area contributed by atoms with Gasteiger partial charge in [0, 0.05) is 4.88 Å². The van der Waals surface area contributed by atoms with Crippen molar-refractivity contribution in [1.29, 1.82) is 0 Å². The second-order valence-electron chi connectivity index (χ2n) is 7.12. The molecule has 0 aliphatic heterocycles. The van der Waals surface area contributed by atoms with Gasteiger partial charge in [-0.3, -0.25) is 4.79 Å². The Morgan fingerprint density at radius 3 is 3.15 bits per heavy atom. The van der Waals surface area contributed by atoms with Gasteiger partial charge in [0.2, 0.25) is 0 Å². The predicted molar refractivity (Wildman–Crippen MR) is 115 cm³/mol. The number of hydrogen-bond acceptors (Lipinski definition) is 5. The molecular formula is C20H22N4OS2. The third-order valence-electron chi connectivity index (χ3n) is 4.81. The molecule has 0 amide bonds. The molecule has 0 radical (unpaired) electrons. The van der Waals surface area contributed by atoms with Crippen LogP contribution < -0.4 is 11.3 Å². The number of thioether (sulfide) groups is 1. The van der Waals surface area contributed by atoms with Crippen LogP contribution in [0.15, 0.2) is 34.1 Å². The smallest absolute Gasteiger partial charge is 0.259 e. The van der Waals surface area contributed by atoms with Gasteiger partial charge >= 0.3 is 0 Å². The first-order valence-corrected chi connectivity index (χ1v) is 10.9. The number of nitrogens with zero attached hydrogens (tertiary/aromatic N) is 2. The number of benzene rings is 1.